The Bertz CT molecular complexity index is 970. The summed E-state index contributed by atoms with van der Waals surface area (Å²) in [5, 5.41) is 9.13. The predicted molar refractivity (Wildman–Crippen MR) is 119 cm³/mol. The van der Waals surface area contributed by atoms with Crippen molar-refractivity contribution in [3.63, 3.8) is 0 Å². The molecule has 2 amide bonds. The molecular weight excluding hydrogens is 382 g/mol. The van der Waals surface area contributed by atoms with Crippen LogP contribution in [0.5, 0.6) is 0 Å². The maximum Gasteiger partial charge on any atom is 0.242 e. The maximum absolute atomic E-state index is 13.3. The van der Waals surface area contributed by atoms with Gasteiger partial charge in [-0.3, -0.25) is 9.59 Å². The number of fused-ring (bicyclic) bond motifs is 1. The monoisotopic (exact) mass is 409 g/mol. The van der Waals surface area contributed by atoms with Crippen LogP contribution < -0.4 is 10.6 Å². The van der Waals surface area contributed by atoms with Crippen LogP contribution in [0.1, 0.15) is 11.1 Å². The van der Waals surface area contributed by atoms with Gasteiger partial charge in [-0.2, -0.15) is 0 Å². The van der Waals surface area contributed by atoms with Gasteiger partial charge in [-0.25, -0.2) is 0 Å². The zero-order valence-corrected chi connectivity index (χ0v) is 17.8. The van der Waals surface area contributed by atoms with Crippen LogP contribution >= 0.6 is 11.3 Å². The molecule has 5 nitrogen and oxygen atoms in total. The number of hydrogen-bond acceptors (Lipinski definition) is 4. The molecule has 2 aromatic carbocycles. The molecule has 2 atom stereocenters. The van der Waals surface area contributed by atoms with Gasteiger partial charge < -0.3 is 15.5 Å². The van der Waals surface area contributed by atoms with E-state index >= 15 is 0 Å². The van der Waals surface area contributed by atoms with Crippen molar-refractivity contribution in [2.75, 3.05) is 21.1 Å². The lowest BCUT2D eigenvalue weighted by Gasteiger charge is -2.30. The zero-order valence-electron chi connectivity index (χ0n) is 17.0. The van der Waals surface area contributed by atoms with Gasteiger partial charge in [0.2, 0.25) is 11.8 Å². The van der Waals surface area contributed by atoms with Crippen molar-refractivity contribution in [1.29, 1.82) is 0 Å². The van der Waals surface area contributed by atoms with E-state index in [0.29, 0.717) is 12.8 Å². The highest BCUT2D eigenvalue weighted by Gasteiger charge is 2.30. The highest BCUT2D eigenvalue weighted by atomic mass is 32.1. The zero-order chi connectivity index (χ0) is 20.8. The minimum absolute atomic E-state index is 0.0905. The molecule has 152 valence electrons. The molecule has 0 radical (unpaired) electrons. The van der Waals surface area contributed by atoms with Crippen molar-refractivity contribution in [1.82, 2.24) is 15.5 Å². The Balaban J connectivity index is 1.79. The summed E-state index contributed by atoms with van der Waals surface area (Å²) < 4.78 is 1.21. The van der Waals surface area contributed by atoms with Crippen LogP contribution in [0.3, 0.4) is 0 Å². The van der Waals surface area contributed by atoms with Gasteiger partial charge in [0.15, 0.2) is 0 Å². The molecule has 0 bridgehead atoms. The number of carbonyl (C=O) groups is 2. The number of likely N-dealkylation sites (N-methyl/N-ethyl adjacent to an activating group) is 3. The quantitative estimate of drug-likeness (QED) is 0.601. The molecule has 0 saturated carbocycles. The van der Waals surface area contributed by atoms with Gasteiger partial charge in [0.05, 0.1) is 6.04 Å². The third kappa shape index (κ3) is 4.83. The lowest BCUT2D eigenvalue weighted by molar-refractivity contribution is -0.140. The summed E-state index contributed by atoms with van der Waals surface area (Å²) in [4.78, 5) is 27.4. The first kappa shape index (κ1) is 21.0. The molecular formula is C23H27N3O2S. The van der Waals surface area contributed by atoms with Crippen molar-refractivity contribution < 1.29 is 9.59 Å². The Morgan fingerprint density at radius 1 is 1.00 bits per heavy atom. The SMILES string of the molecule is CNC(=O)C(Cc1ccccc1)N(C)C(=O)C(Cc1csc2ccccc12)NC. The molecule has 2 unspecified atom stereocenters. The predicted octanol–water partition coefficient (Wildman–Crippen LogP) is 2.85. The number of rotatable bonds is 8. The fourth-order valence-corrected chi connectivity index (χ4v) is 4.51. The minimum Gasteiger partial charge on any atom is -0.357 e. The van der Waals surface area contributed by atoms with Crippen molar-refractivity contribution >= 4 is 33.2 Å². The van der Waals surface area contributed by atoms with Crippen LogP contribution in [0.4, 0.5) is 0 Å². The van der Waals surface area contributed by atoms with Crippen molar-refractivity contribution in [3.8, 4) is 0 Å². The molecule has 3 aromatic rings. The summed E-state index contributed by atoms with van der Waals surface area (Å²) in [6.07, 6.45) is 1.05. The van der Waals surface area contributed by atoms with Crippen LogP contribution in [0.25, 0.3) is 10.1 Å². The number of nitrogens with one attached hydrogen (secondary N) is 2. The average molecular weight is 410 g/mol. The number of benzene rings is 2. The van der Waals surface area contributed by atoms with Gasteiger partial charge in [-0.15, -0.1) is 11.3 Å². The van der Waals surface area contributed by atoms with E-state index in [0.717, 1.165) is 11.1 Å². The van der Waals surface area contributed by atoms with E-state index < -0.39 is 12.1 Å². The highest BCUT2D eigenvalue weighted by molar-refractivity contribution is 7.17. The van der Waals surface area contributed by atoms with E-state index in [1.165, 1.54) is 10.1 Å². The maximum atomic E-state index is 13.3. The van der Waals surface area contributed by atoms with Crippen molar-refractivity contribution in [3.05, 3.63) is 71.1 Å². The summed E-state index contributed by atoms with van der Waals surface area (Å²) >= 11 is 1.69. The van der Waals surface area contributed by atoms with Gasteiger partial charge in [0, 0.05) is 25.2 Å². The normalized spacial score (nSPS) is 13.1. The van der Waals surface area contributed by atoms with Gasteiger partial charge in [-0.05, 0) is 41.4 Å². The first-order valence-electron chi connectivity index (χ1n) is 9.69. The Labute approximate surface area is 175 Å². The molecule has 0 spiro atoms. The second-order valence-corrected chi connectivity index (χ2v) is 7.98. The van der Waals surface area contributed by atoms with E-state index in [1.54, 1.807) is 37.4 Å². The summed E-state index contributed by atoms with van der Waals surface area (Å²) in [7, 11) is 5.10. The number of nitrogens with zero attached hydrogens (tertiary/aromatic N) is 1. The molecule has 0 aliphatic carbocycles. The Hall–Kier alpha value is -2.70. The largest absolute Gasteiger partial charge is 0.357 e. The van der Waals surface area contributed by atoms with Crippen molar-refractivity contribution in [2.24, 2.45) is 0 Å². The van der Waals surface area contributed by atoms with Gasteiger partial charge >= 0.3 is 0 Å². The second kappa shape index (κ2) is 9.67. The fourth-order valence-electron chi connectivity index (χ4n) is 3.53. The standard InChI is InChI=1S/C23H27N3O2S/c1-24-19(14-17-15-29-21-12-8-7-11-18(17)21)23(28)26(3)20(22(27)25-2)13-16-9-5-4-6-10-16/h4-12,15,19-20,24H,13-14H2,1-3H3,(H,25,27). The van der Waals surface area contributed by atoms with E-state index in [9.17, 15) is 9.59 Å². The number of thiophene rings is 1. The molecule has 0 saturated heterocycles. The summed E-state index contributed by atoms with van der Waals surface area (Å²) in [5.41, 5.74) is 2.16. The molecule has 0 aliphatic heterocycles. The van der Waals surface area contributed by atoms with Crippen LogP contribution in [0.2, 0.25) is 0 Å². The Morgan fingerprint density at radius 2 is 1.69 bits per heavy atom. The van der Waals surface area contributed by atoms with Crippen LogP contribution in [0.15, 0.2) is 60.0 Å². The average Bonchev–Trinajstić information content (AvgIpc) is 3.18. The molecule has 3 rings (SSSR count). The number of hydrogen-bond donors (Lipinski definition) is 2. The van der Waals surface area contributed by atoms with Crippen LogP contribution in [-0.4, -0.2) is 49.9 Å². The van der Waals surface area contributed by atoms with Crippen LogP contribution in [0, 0.1) is 0 Å². The first-order valence-corrected chi connectivity index (χ1v) is 10.6. The summed E-state index contributed by atoms with van der Waals surface area (Å²) in [6.45, 7) is 0. The lowest BCUT2D eigenvalue weighted by atomic mass is 10.0. The Morgan fingerprint density at radius 3 is 2.38 bits per heavy atom. The summed E-state index contributed by atoms with van der Waals surface area (Å²) in [6, 6.07) is 17.0. The third-order valence-corrected chi connectivity index (χ3v) is 6.28. The summed E-state index contributed by atoms with van der Waals surface area (Å²) in [5.74, 6) is -0.257. The van der Waals surface area contributed by atoms with E-state index in [1.807, 2.05) is 42.5 Å². The highest BCUT2D eigenvalue weighted by Crippen LogP contribution is 2.27. The van der Waals surface area contributed by atoms with Crippen molar-refractivity contribution in [2.45, 2.75) is 24.9 Å². The smallest absolute Gasteiger partial charge is 0.242 e. The van der Waals surface area contributed by atoms with Gasteiger partial charge in [0.25, 0.3) is 0 Å². The van der Waals surface area contributed by atoms with Gasteiger partial charge in [0.1, 0.15) is 6.04 Å². The Kier molecular flexibility index (Phi) is 7.01. The second-order valence-electron chi connectivity index (χ2n) is 7.07. The molecule has 0 fully saturated rings. The van der Waals surface area contributed by atoms with E-state index in [4.69, 9.17) is 0 Å². The van der Waals surface area contributed by atoms with E-state index in [2.05, 4.69) is 28.1 Å². The molecule has 29 heavy (non-hydrogen) atoms. The molecule has 0 aliphatic rings. The molecule has 1 aromatic heterocycles. The van der Waals surface area contributed by atoms with E-state index in [-0.39, 0.29) is 11.8 Å². The molecule has 6 heteroatoms. The first-order chi connectivity index (χ1) is 14.0. The number of carbonyl (C=O) groups excluding carboxylic acids is 2. The number of amides is 2. The fraction of sp³-hybridized carbons (Fsp3) is 0.304. The minimum atomic E-state index is -0.565. The van der Waals surface area contributed by atoms with Crippen LogP contribution in [-0.2, 0) is 22.4 Å². The topological polar surface area (TPSA) is 61.4 Å². The third-order valence-electron chi connectivity index (χ3n) is 5.27. The lowest BCUT2D eigenvalue weighted by Crippen LogP contribution is -2.53. The molecule has 2 N–H and O–H groups in total. The molecule has 1 heterocycles. The van der Waals surface area contributed by atoms with Gasteiger partial charge in [-0.1, -0.05) is 48.5 Å².